The predicted octanol–water partition coefficient (Wildman–Crippen LogP) is 1.85. The van der Waals surface area contributed by atoms with Crippen LogP contribution in [0.2, 0.25) is 0 Å². The lowest BCUT2D eigenvalue weighted by Crippen LogP contribution is -2.56. The monoisotopic (exact) mass is 614 g/mol. The van der Waals surface area contributed by atoms with Crippen LogP contribution >= 0.6 is 0 Å². The number of aliphatic carboxylic acids is 1. The smallest absolute Gasteiger partial charge is 0.326 e. The van der Waals surface area contributed by atoms with Crippen molar-refractivity contribution in [3.63, 3.8) is 0 Å². The third kappa shape index (κ3) is 12.8. The van der Waals surface area contributed by atoms with Crippen molar-refractivity contribution in [2.24, 2.45) is 11.7 Å². The lowest BCUT2D eigenvalue weighted by molar-refractivity contribution is -0.143. The minimum absolute atomic E-state index is 0.0142. The number of hydrogen-bond donors (Lipinski definition) is 6. The Morgan fingerprint density at radius 1 is 0.932 bits per heavy atom. The Labute approximate surface area is 260 Å². The van der Waals surface area contributed by atoms with Crippen LogP contribution in [0.15, 0.2) is 36.7 Å². The number of aromatic nitrogens is 2. The molecule has 2 aromatic rings. The fourth-order valence-corrected chi connectivity index (χ4v) is 4.80. The summed E-state index contributed by atoms with van der Waals surface area (Å²) in [6.07, 6.45) is 9.12. The van der Waals surface area contributed by atoms with Gasteiger partial charge in [0.2, 0.25) is 17.7 Å². The number of imidazole rings is 1. The fourth-order valence-electron chi connectivity index (χ4n) is 4.80. The number of aliphatic hydroxyl groups excluding tert-OH is 1. The number of aliphatic hydroxyl groups is 1. The van der Waals surface area contributed by atoms with Gasteiger partial charge in [0.1, 0.15) is 23.9 Å². The zero-order valence-electron chi connectivity index (χ0n) is 26.3. The summed E-state index contributed by atoms with van der Waals surface area (Å²) in [6.45, 7) is 6.47. The van der Waals surface area contributed by atoms with Gasteiger partial charge in [-0.2, -0.15) is 0 Å². The van der Waals surface area contributed by atoms with Crippen LogP contribution in [0.5, 0.6) is 0 Å². The van der Waals surface area contributed by atoms with Crippen LogP contribution < -0.4 is 21.7 Å². The topological polar surface area (TPSA) is 189 Å². The first-order valence-electron chi connectivity index (χ1n) is 15.6. The summed E-state index contributed by atoms with van der Waals surface area (Å²) >= 11 is 0. The Kier molecular flexibility index (Phi) is 16.1. The number of nitrogens with zero attached hydrogens (tertiary/aromatic N) is 2. The van der Waals surface area contributed by atoms with Crippen molar-refractivity contribution in [1.29, 1.82) is 0 Å². The van der Waals surface area contributed by atoms with E-state index in [1.165, 1.54) is 0 Å². The molecule has 0 aliphatic heterocycles. The number of nitrogens with one attached hydrogen (secondary N) is 3. The van der Waals surface area contributed by atoms with Crippen molar-refractivity contribution in [3.8, 4) is 0 Å². The van der Waals surface area contributed by atoms with Crippen molar-refractivity contribution in [1.82, 2.24) is 25.5 Å². The van der Waals surface area contributed by atoms with Crippen LogP contribution in [0.25, 0.3) is 0 Å². The molecule has 1 aromatic heterocycles. The number of unbranched alkanes of at least 4 members (excludes halogenated alkanes) is 2. The highest BCUT2D eigenvalue weighted by molar-refractivity contribution is 5.93. The van der Waals surface area contributed by atoms with E-state index in [1.807, 2.05) is 51.2 Å². The summed E-state index contributed by atoms with van der Waals surface area (Å²) in [4.78, 5) is 54.8. The van der Waals surface area contributed by atoms with Gasteiger partial charge in [0, 0.05) is 18.9 Å². The second-order valence-electron chi connectivity index (χ2n) is 11.4. The van der Waals surface area contributed by atoms with E-state index < -0.39 is 48.4 Å². The highest BCUT2D eigenvalue weighted by Gasteiger charge is 2.29. The van der Waals surface area contributed by atoms with Crippen molar-refractivity contribution in [3.05, 3.63) is 53.6 Å². The molecular weight excluding hydrogens is 564 g/mol. The lowest BCUT2D eigenvalue weighted by Gasteiger charge is -2.24. The second-order valence-corrected chi connectivity index (χ2v) is 11.4. The SMILES string of the molecule is CCC(C)C[C@H](NC(=O)[C@H](CCCCN)NC(=O)[C@H](CO)NC(=O)Cc1ccc(CCCCn2ccnc2C)cc1)C(=O)O. The number of carboxylic acid groups (broad SMARTS) is 1. The van der Waals surface area contributed by atoms with Crippen molar-refractivity contribution in [2.45, 2.75) is 103 Å². The zero-order chi connectivity index (χ0) is 32.5. The molecule has 0 aliphatic rings. The van der Waals surface area contributed by atoms with Gasteiger partial charge < -0.3 is 36.5 Å². The van der Waals surface area contributed by atoms with E-state index in [0.717, 1.165) is 49.2 Å². The molecule has 244 valence electrons. The molecular formula is C32H50N6O6. The van der Waals surface area contributed by atoms with Gasteiger partial charge in [-0.15, -0.1) is 0 Å². The average molecular weight is 615 g/mol. The van der Waals surface area contributed by atoms with Gasteiger partial charge in [0.15, 0.2) is 0 Å². The molecule has 7 N–H and O–H groups in total. The van der Waals surface area contributed by atoms with Crippen LogP contribution in [-0.2, 0) is 38.6 Å². The Hall–Kier alpha value is -3.77. The molecule has 44 heavy (non-hydrogen) atoms. The highest BCUT2D eigenvalue weighted by Crippen LogP contribution is 2.12. The number of aryl methyl sites for hydroxylation is 3. The van der Waals surface area contributed by atoms with Crippen LogP contribution in [0.3, 0.4) is 0 Å². The van der Waals surface area contributed by atoms with Crippen LogP contribution in [0, 0.1) is 12.8 Å². The Morgan fingerprint density at radius 3 is 2.18 bits per heavy atom. The maximum absolute atomic E-state index is 13.0. The van der Waals surface area contributed by atoms with E-state index in [0.29, 0.717) is 19.4 Å². The fraction of sp³-hybridized carbons (Fsp3) is 0.594. The molecule has 0 saturated heterocycles. The quantitative estimate of drug-likeness (QED) is 0.115. The minimum atomic E-state index is -1.28. The number of rotatable bonds is 21. The van der Waals surface area contributed by atoms with Gasteiger partial charge in [-0.1, -0.05) is 44.5 Å². The lowest BCUT2D eigenvalue weighted by atomic mass is 9.98. The Balaban J connectivity index is 1.91. The summed E-state index contributed by atoms with van der Waals surface area (Å²) in [5.41, 5.74) is 7.50. The van der Waals surface area contributed by atoms with Gasteiger partial charge in [-0.05, 0) is 75.5 Å². The van der Waals surface area contributed by atoms with E-state index in [9.17, 15) is 29.4 Å². The van der Waals surface area contributed by atoms with Crippen molar-refractivity contribution in [2.75, 3.05) is 13.2 Å². The minimum Gasteiger partial charge on any atom is -0.480 e. The summed E-state index contributed by atoms with van der Waals surface area (Å²) in [5, 5.41) is 27.1. The molecule has 12 heteroatoms. The molecule has 2 rings (SSSR count). The molecule has 3 amide bonds. The number of nitrogens with two attached hydrogens (primary N) is 1. The number of benzene rings is 1. The van der Waals surface area contributed by atoms with Gasteiger partial charge in [-0.3, -0.25) is 14.4 Å². The van der Waals surface area contributed by atoms with Crippen molar-refractivity contribution < 1.29 is 29.4 Å². The number of hydrogen-bond acceptors (Lipinski definition) is 7. The van der Waals surface area contributed by atoms with Gasteiger partial charge >= 0.3 is 5.97 Å². The number of carboxylic acids is 1. The molecule has 4 atom stereocenters. The molecule has 0 radical (unpaired) electrons. The van der Waals surface area contributed by atoms with Gasteiger partial charge in [0.25, 0.3) is 0 Å². The van der Waals surface area contributed by atoms with Gasteiger partial charge in [-0.25, -0.2) is 9.78 Å². The third-order valence-electron chi connectivity index (χ3n) is 7.79. The first-order chi connectivity index (χ1) is 21.1. The molecule has 0 aliphatic carbocycles. The van der Waals surface area contributed by atoms with Gasteiger partial charge in [0.05, 0.1) is 13.0 Å². The summed E-state index contributed by atoms with van der Waals surface area (Å²) in [7, 11) is 0. The van der Waals surface area contributed by atoms with Crippen LogP contribution in [0.4, 0.5) is 0 Å². The van der Waals surface area contributed by atoms with Crippen LogP contribution in [0.1, 0.15) is 75.7 Å². The van der Waals surface area contributed by atoms with Crippen LogP contribution in [-0.4, -0.2) is 74.7 Å². The Morgan fingerprint density at radius 2 is 1.59 bits per heavy atom. The maximum atomic E-state index is 13.0. The zero-order valence-corrected chi connectivity index (χ0v) is 26.3. The summed E-state index contributed by atoms with van der Waals surface area (Å²) < 4.78 is 2.13. The normalized spacial score (nSPS) is 13.8. The third-order valence-corrected chi connectivity index (χ3v) is 7.79. The molecule has 0 fully saturated rings. The van der Waals surface area contributed by atoms with E-state index in [4.69, 9.17) is 5.73 Å². The standard InChI is InChI=1S/C32H50N6O6/c1-4-22(2)19-27(32(43)44)37-30(41)26(10-5-7-15-33)36-31(42)28(21-39)35-29(40)20-25-13-11-24(12-14-25)9-6-8-17-38-18-16-34-23(38)3/h11-14,16,18,22,26-28,39H,4-10,15,17,19-21,33H2,1-3H3,(H,35,40)(H,36,42)(H,37,41)(H,43,44)/t22?,26-,27-,28-/m0/s1. The molecule has 12 nitrogen and oxygen atoms in total. The molecule has 1 heterocycles. The van der Waals surface area contributed by atoms with E-state index >= 15 is 0 Å². The Bertz CT molecular complexity index is 1180. The van der Waals surface area contributed by atoms with Crippen molar-refractivity contribution >= 4 is 23.7 Å². The van der Waals surface area contributed by atoms with E-state index in [1.54, 1.807) is 6.20 Å². The molecule has 0 saturated carbocycles. The number of carbonyl (C=O) groups is 4. The number of carbonyl (C=O) groups excluding carboxylic acids is 3. The summed E-state index contributed by atoms with van der Waals surface area (Å²) in [6, 6.07) is 4.29. The average Bonchev–Trinajstić information content (AvgIpc) is 3.41. The largest absolute Gasteiger partial charge is 0.480 e. The summed E-state index contributed by atoms with van der Waals surface area (Å²) in [5.74, 6) is -1.89. The molecule has 1 unspecified atom stereocenters. The molecule has 0 spiro atoms. The first-order valence-corrected chi connectivity index (χ1v) is 15.6. The maximum Gasteiger partial charge on any atom is 0.326 e. The first kappa shape index (κ1) is 36.4. The van der Waals surface area contributed by atoms with E-state index in [-0.39, 0.29) is 25.2 Å². The second kappa shape index (κ2) is 19.5. The predicted molar refractivity (Wildman–Crippen MR) is 168 cm³/mol. The van der Waals surface area contributed by atoms with E-state index in [2.05, 4.69) is 25.5 Å². The molecule has 0 bridgehead atoms. The highest BCUT2D eigenvalue weighted by atomic mass is 16.4. The molecule has 1 aromatic carbocycles. The number of amides is 3.